The van der Waals surface area contributed by atoms with E-state index in [1.54, 1.807) is 8.61 Å². The highest BCUT2D eigenvalue weighted by Gasteiger charge is 2.34. The Morgan fingerprint density at radius 1 is 1.00 bits per heavy atom. The molecule has 0 aliphatic carbocycles. The Balaban J connectivity index is 2.04. The van der Waals surface area contributed by atoms with Gasteiger partial charge in [-0.05, 0) is 18.3 Å². The van der Waals surface area contributed by atoms with E-state index in [4.69, 9.17) is 0 Å². The second kappa shape index (κ2) is 5.22. The van der Waals surface area contributed by atoms with Gasteiger partial charge in [-0.15, -0.1) is 0 Å². The summed E-state index contributed by atoms with van der Waals surface area (Å²) in [6, 6.07) is 0. The van der Waals surface area contributed by atoms with Crippen LogP contribution in [-0.4, -0.2) is 56.3 Å². The number of piperidine rings is 1. The van der Waals surface area contributed by atoms with E-state index in [-0.39, 0.29) is 0 Å². The van der Waals surface area contributed by atoms with Gasteiger partial charge < -0.3 is 5.32 Å². The maximum Gasteiger partial charge on any atom is 0.282 e. The number of nitrogens with one attached hydrogen (secondary N) is 1. The smallest absolute Gasteiger partial charge is 0.282 e. The molecule has 2 fully saturated rings. The molecule has 0 amide bonds. The molecule has 0 spiro atoms. The normalized spacial score (nSPS) is 33.8. The zero-order valence-electron chi connectivity index (χ0n) is 10.7. The Labute approximate surface area is 104 Å². The van der Waals surface area contributed by atoms with Gasteiger partial charge in [0, 0.05) is 39.3 Å². The molecule has 0 aromatic rings. The topological polar surface area (TPSA) is 52.7 Å². The van der Waals surface area contributed by atoms with Gasteiger partial charge in [0.15, 0.2) is 0 Å². The fourth-order valence-corrected chi connectivity index (χ4v) is 4.20. The van der Waals surface area contributed by atoms with Crippen molar-refractivity contribution in [2.45, 2.75) is 20.3 Å². The van der Waals surface area contributed by atoms with Gasteiger partial charge in [-0.25, -0.2) is 0 Å². The van der Waals surface area contributed by atoms with Crippen molar-refractivity contribution < 1.29 is 8.42 Å². The van der Waals surface area contributed by atoms with Crippen molar-refractivity contribution >= 4 is 10.2 Å². The van der Waals surface area contributed by atoms with E-state index in [0.29, 0.717) is 38.0 Å². The molecule has 2 heterocycles. The van der Waals surface area contributed by atoms with Crippen LogP contribution in [0.25, 0.3) is 0 Å². The Morgan fingerprint density at radius 2 is 1.65 bits per heavy atom. The summed E-state index contributed by atoms with van der Waals surface area (Å²) >= 11 is 0. The minimum atomic E-state index is -3.21. The van der Waals surface area contributed by atoms with Crippen LogP contribution in [0.1, 0.15) is 20.3 Å². The number of rotatable bonds is 2. The summed E-state index contributed by atoms with van der Waals surface area (Å²) < 4.78 is 28.1. The van der Waals surface area contributed by atoms with Crippen molar-refractivity contribution in [3.8, 4) is 0 Å². The van der Waals surface area contributed by atoms with E-state index in [9.17, 15) is 8.42 Å². The van der Waals surface area contributed by atoms with Crippen molar-refractivity contribution in [1.82, 2.24) is 13.9 Å². The summed E-state index contributed by atoms with van der Waals surface area (Å²) in [7, 11) is -3.21. The van der Waals surface area contributed by atoms with Crippen LogP contribution in [0.15, 0.2) is 0 Å². The summed E-state index contributed by atoms with van der Waals surface area (Å²) in [4.78, 5) is 0. The maximum atomic E-state index is 12.4. The lowest BCUT2D eigenvalue weighted by Gasteiger charge is -2.38. The molecule has 0 saturated carbocycles. The van der Waals surface area contributed by atoms with Crippen LogP contribution in [0.4, 0.5) is 0 Å². The summed E-state index contributed by atoms with van der Waals surface area (Å²) in [6.07, 6.45) is 0.979. The summed E-state index contributed by atoms with van der Waals surface area (Å²) in [5, 5.41) is 3.18. The summed E-state index contributed by atoms with van der Waals surface area (Å²) in [5.74, 6) is 1.09. The third kappa shape index (κ3) is 2.81. The highest BCUT2D eigenvalue weighted by Crippen LogP contribution is 2.25. The molecule has 5 nitrogen and oxygen atoms in total. The maximum absolute atomic E-state index is 12.4. The zero-order valence-corrected chi connectivity index (χ0v) is 11.5. The van der Waals surface area contributed by atoms with Gasteiger partial charge in [-0.3, -0.25) is 0 Å². The largest absolute Gasteiger partial charge is 0.314 e. The highest BCUT2D eigenvalue weighted by atomic mass is 32.2. The van der Waals surface area contributed by atoms with Crippen LogP contribution in [-0.2, 0) is 10.2 Å². The van der Waals surface area contributed by atoms with E-state index in [1.165, 1.54) is 0 Å². The molecule has 0 bridgehead atoms. The third-order valence-corrected chi connectivity index (χ3v) is 6.03. The Hall–Kier alpha value is -0.170. The molecule has 6 heteroatoms. The van der Waals surface area contributed by atoms with Crippen LogP contribution < -0.4 is 5.32 Å². The van der Waals surface area contributed by atoms with Crippen molar-refractivity contribution in [2.24, 2.45) is 11.8 Å². The molecule has 1 N–H and O–H groups in total. The molecule has 0 aromatic heterocycles. The molecular formula is C11H23N3O2S. The van der Waals surface area contributed by atoms with Crippen LogP contribution in [0.5, 0.6) is 0 Å². The van der Waals surface area contributed by atoms with Crippen LogP contribution in [0.2, 0.25) is 0 Å². The quantitative estimate of drug-likeness (QED) is 0.768. The first-order valence-corrected chi connectivity index (χ1v) is 7.87. The molecule has 2 unspecified atom stereocenters. The Kier molecular flexibility index (Phi) is 4.07. The van der Waals surface area contributed by atoms with Crippen molar-refractivity contribution in [1.29, 1.82) is 0 Å². The summed E-state index contributed by atoms with van der Waals surface area (Å²) in [5.41, 5.74) is 0. The van der Waals surface area contributed by atoms with Gasteiger partial charge in [0.25, 0.3) is 10.2 Å². The van der Waals surface area contributed by atoms with Crippen LogP contribution in [0.3, 0.4) is 0 Å². The Morgan fingerprint density at radius 3 is 2.24 bits per heavy atom. The van der Waals surface area contributed by atoms with E-state index >= 15 is 0 Å². The van der Waals surface area contributed by atoms with E-state index in [1.807, 2.05) is 0 Å². The first-order valence-electron chi connectivity index (χ1n) is 6.48. The fraction of sp³-hybridized carbons (Fsp3) is 1.00. The lowest BCUT2D eigenvalue weighted by molar-refractivity contribution is 0.198. The van der Waals surface area contributed by atoms with Crippen molar-refractivity contribution in [3.63, 3.8) is 0 Å². The summed E-state index contributed by atoms with van der Waals surface area (Å²) in [6.45, 7) is 8.43. The number of hydrogen-bond donors (Lipinski definition) is 1. The molecule has 2 aliphatic heterocycles. The van der Waals surface area contributed by atoms with Gasteiger partial charge in [0.2, 0.25) is 0 Å². The molecule has 0 aromatic carbocycles. The molecule has 2 saturated heterocycles. The number of hydrogen-bond acceptors (Lipinski definition) is 3. The lowest BCUT2D eigenvalue weighted by atomic mass is 9.90. The van der Waals surface area contributed by atoms with Crippen molar-refractivity contribution in [2.75, 3.05) is 39.3 Å². The minimum Gasteiger partial charge on any atom is -0.314 e. The number of nitrogens with zero attached hydrogens (tertiary/aromatic N) is 2. The van der Waals surface area contributed by atoms with Gasteiger partial charge in [-0.2, -0.15) is 17.0 Å². The third-order valence-electron chi connectivity index (χ3n) is 4.03. The minimum absolute atomic E-state index is 0.460. The predicted octanol–water partition coefficient (Wildman–Crippen LogP) is 0.114. The van der Waals surface area contributed by atoms with E-state index in [2.05, 4.69) is 19.2 Å². The molecular weight excluding hydrogens is 238 g/mol. The van der Waals surface area contributed by atoms with E-state index in [0.717, 1.165) is 19.5 Å². The van der Waals surface area contributed by atoms with Gasteiger partial charge in [-0.1, -0.05) is 13.8 Å². The van der Waals surface area contributed by atoms with Gasteiger partial charge in [0.1, 0.15) is 0 Å². The lowest BCUT2D eigenvalue weighted by Crippen LogP contribution is -2.54. The molecule has 2 rings (SSSR count). The molecule has 2 aliphatic rings. The van der Waals surface area contributed by atoms with Crippen LogP contribution in [0, 0.1) is 11.8 Å². The predicted molar refractivity (Wildman–Crippen MR) is 67.9 cm³/mol. The average molecular weight is 261 g/mol. The zero-order chi connectivity index (χ0) is 12.5. The van der Waals surface area contributed by atoms with Crippen molar-refractivity contribution in [3.05, 3.63) is 0 Å². The average Bonchev–Trinajstić information content (AvgIpc) is 2.33. The highest BCUT2D eigenvalue weighted by molar-refractivity contribution is 7.86. The van der Waals surface area contributed by atoms with Crippen LogP contribution >= 0.6 is 0 Å². The first kappa shape index (κ1) is 13.3. The number of piperazine rings is 1. The standard InChI is InChI=1S/C11H23N3O2S/c1-10-3-6-14(9-11(10)2)17(15,16)13-7-4-12-5-8-13/h10-12H,3-9H2,1-2H3. The van der Waals surface area contributed by atoms with Gasteiger partial charge >= 0.3 is 0 Å². The molecule has 0 radical (unpaired) electrons. The molecule has 2 atom stereocenters. The SMILES string of the molecule is CC1CCN(S(=O)(=O)N2CCNCC2)CC1C. The Bertz CT molecular complexity index is 352. The first-order chi connectivity index (χ1) is 8.01. The van der Waals surface area contributed by atoms with E-state index < -0.39 is 10.2 Å². The second-order valence-electron chi connectivity index (χ2n) is 5.26. The monoisotopic (exact) mass is 261 g/mol. The molecule has 17 heavy (non-hydrogen) atoms. The van der Waals surface area contributed by atoms with Gasteiger partial charge in [0.05, 0.1) is 0 Å². The second-order valence-corrected chi connectivity index (χ2v) is 7.19. The molecule has 100 valence electrons. The fourth-order valence-electron chi connectivity index (χ4n) is 2.47.